The molecule has 150 valence electrons. The fraction of sp³-hybridized carbons (Fsp3) is 0.0714. The average molecular weight is 402 g/mol. The molecular formula is C28H22N2O. The summed E-state index contributed by atoms with van der Waals surface area (Å²) in [5.41, 5.74) is 7.84. The Morgan fingerprint density at radius 3 is 1.68 bits per heavy atom. The molecule has 1 heterocycles. The quantitative estimate of drug-likeness (QED) is 0.284. The Labute approximate surface area is 181 Å². The van der Waals surface area contributed by atoms with Gasteiger partial charge in [-0.15, -0.1) is 0 Å². The van der Waals surface area contributed by atoms with Gasteiger partial charge in [-0.25, -0.2) is 0 Å². The Morgan fingerprint density at radius 1 is 0.581 bits per heavy atom. The van der Waals surface area contributed by atoms with Crippen molar-refractivity contribution in [3.8, 4) is 0 Å². The smallest absolute Gasteiger partial charge is 0.137 e. The van der Waals surface area contributed by atoms with E-state index in [0.29, 0.717) is 0 Å². The van der Waals surface area contributed by atoms with Crippen LogP contribution in [0.2, 0.25) is 0 Å². The van der Waals surface area contributed by atoms with Crippen molar-refractivity contribution >= 4 is 45.7 Å². The highest BCUT2D eigenvalue weighted by Crippen LogP contribution is 2.38. The summed E-state index contributed by atoms with van der Waals surface area (Å²) in [5, 5.41) is 2.16. The second-order valence-corrected chi connectivity index (χ2v) is 7.71. The molecule has 31 heavy (non-hydrogen) atoms. The SMILES string of the molecule is Cc1cc2oc3cc(/N=C/c4ccccc4)c(/N=C/c4ccccc4)cc3c2cc1C. The van der Waals surface area contributed by atoms with Crippen LogP contribution in [0.5, 0.6) is 0 Å². The molecule has 3 heteroatoms. The molecule has 0 saturated carbocycles. The molecule has 0 aliphatic rings. The van der Waals surface area contributed by atoms with Crippen LogP contribution in [0.1, 0.15) is 22.3 Å². The van der Waals surface area contributed by atoms with E-state index in [2.05, 4.69) is 32.0 Å². The van der Waals surface area contributed by atoms with Gasteiger partial charge in [-0.1, -0.05) is 60.7 Å². The van der Waals surface area contributed by atoms with Crippen molar-refractivity contribution in [2.24, 2.45) is 9.98 Å². The summed E-state index contributed by atoms with van der Waals surface area (Å²) in [6.45, 7) is 4.23. The Kier molecular flexibility index (Phi) is 4.93. The van der Waals surface area contributed by atoms with Gasteiger partial charge in [0.1, 0.15) is 11.2 Å². The Bertz CT molecular complexity index is 1430. The maximum Gasteiger partial charge on any atom is 0.137 e. The monoisotopic (exact) mass is 402 g/mol. The van der Waals surface area contributed by atoms with Crippen LogP contribution in [0.25, 0.3) is 21.9 Å². The van der Waals surface area contributed by atoms with Gasteiger partial charge in [-0.05, 0) is 54.3 Å². The van der Waals surface area contributed by atoms with Gasteiger partial charge in [0.15, 0.2) is 0 Å². The summed E-state index contributed by atoms with van der Waals surface area (Å²) in [6.07, 6.45) is 3.74. The van der Waals surface area contributed by atoms with Gasteiger partial charge >= 0.3 is 0 Å². The number of furan rings is 1. The molecule has 0 fully saturated rings. The minimum Gasteiger partial charge on any atom is -0.456 e. The van der Waals surface area contributed by atoms with Crippen molar-refractivity contribution in [2.75, 3.05) is 0 Å². The zero-order chi connectivity index (χ0) is 21.2. The van der Waals surface area contributed by atoms with Crippen LogP contribution in [0, 0.1) is 13.8 Å². The number of nitrogens with zero attached hydrogens (tertiary/aromatic N) is 2. The molecule has 0 aliphatic heterocycles. The number of fused-ring (bicyclic) bond motifs is 3. The van der Waals surface area contributed by atoms with Crippen LogP contribution in [0.4, 0.5) is 11.4 Å². The molecule has 0 bridgehead atoms. The maximum absolute atomic E-state index is 6.17. The van der Waals surface area contributed by atoms with Gasteiger partial charge < -0.3 is 4.42 Å². The summed E-state index contributed by atoms with van der Waals surface area (Å²) in [4.78, 5) is 9.53. The molecule has 4 aromatic carbocycles. The lowest BCUT2D eigenvalue weighted by molar-refractivity contribution is 0.668. The van der Waals surface area contributed by atoms with E-state index in [1.165, 1.54) is 11.1 Å². The third-order valence-electron chi connectivity index (χ3n) is 5.49. The van der Waals surface area contributed by atoms with E-state index in [1.807, 2.05) is 79.2 Å². The van der Waals surface area contributed by atoms with Gasteiger partial charge in [0.2, 0.25) is 0 Å². The zero-order valence-electron chi connectivity index (χ0n) is 17.5. The fourth-order valence-electron chi connectivity index (χ4n) is 3.63. The van der Waals surface area contributed by atoms with Crippen LogP contribution >= 0.6 is 0 Å². The highest BCUT2D eigenvalue weighted by molar-refractivity contribution is 6.08. The molecule has 0 unspecified atom stereocenters. The van der Waals surface area contributed by atoms with Crippen molar-refractivity contribution < 1.29 is 4.42 Å². The summed E-state index contributed by atoms with van der Waals surface area (Å²) in [6, 6.07) is 28.5. The second kappa shape index (κ2) is 8.04. The van der Waals surface area contributed by atoms with E-state index < -0.39 is 0 Å². The van der Waals surface area contributed by atoms with Crippen LogP contribution in [0.3, 0.4) is 0 Å². The Morgan fingerprint density at radius 2 is 1.06 bits per heavy atom. The molecule has 0 atom stereocenters. The topological polar surface area (TPSA) is 37.9 Å². The zero-order valence-corrected chi connectivity index (χ0v) is 17.5. The molecule has 0 radical (unpaired) electrons. The lowest BCUT2D eigenvalue weighted by atomic mass is 10.0. The highest BCUT2D eigenvalue weighted by atomic mass is 16.3. The van der Waals surface area contributed by atoms with Crippen LogP contribution in [-0.2, 0) is 0 Å². The van der Waals surface area contributed by atoms with Crippen molar-refractivity contribution in [1.29, 1.82) is 0 Å². The first-order valence-corrected chi connectivity index (χ1v) is 10.3. The van der Waals surface area contributed by atoms with Gasteiger partial charge in [0.05, 0.1) is 11.4 Å². The van der Waals surface area contributed by atoms with Crippen LogP contribution in [-0.4, -0.2) is 12.4 Å². The largest absolute Gasteiger partial charge is 0.456 e. The number of hydrogen-bond donors (Lipinski definition) is 0. The third kappa shape index (κ3) is 3.90. The van der Waals surface area contributed by atoms with E-state index in [4.69, 9.17) is 14.4 Å². The number of aryl methyl sites for hydroxylation is 2. The number of hydrogen-bond acceptors (Lipinski definition) is 3. The van der Waals surface area contributed by atoms with E-state index in [-0.39, 0.29) is 0 Å². The van der Waals surface area contributed by atoms with Crippen molar-refractivity contribution in [3.63, 3.8) is 0 Å². The number of rotatable bonds is 4. The molecule has 0 spiro atoms. The molecule has 5 rings (SSSR count). The first-order chi connectivity index (χ1) is 15.2. The van der Waals surface area contributed by atoms with E-state index in [0.717, 1.165) is 44.4 Å². The molecule has 0 saturated heterocycles. The molecule has 1 aromatic heterocycles. The predicted molar refractivity (Wildman–Crippen MR) is 131 cm³/mol. The first-order valence-electron chi connectivity index (χ1n) is 10.3. The van der Waals surface area contributed by atoms with Gasteiger partial charge in [0.25, 0.3) is 0 Å². The van der Waals surface area contributed by atoms with Crippen LogP contribution < -0.4 is 0 Å². The maximum atomic E-state index is 6.17. The standard InChI is InChI=1S/C28H22N2O/c1-19-13-23-24-15-25(29-17-21-9-5-3-6-10-21)26(30-18-22-11-7-4-8-12-22)16-28(24)31-27(23)14-20(19)2/h3-18H,1-2H3/b29-17+,30-18+. The molecule has 5 aromatic rings. The minimum absolute atomic E-state index is 0.774. The lowest BCUT2D eigenvalue weighted by Gasteiger charge is -2.02. The van der Waals surface area contributed by atoms with Crippen molar-refractivity contribution in [2.45, 2.75) is 13.8 Å². The second-order valence-electron chi connectivity index (χ2n) is 7.71. The molecule has 0 amide bonds. The Balaban J connectivity index is 1.67. The third-order valence-corrected chi connectivity index (χ3v) is 5.49. The van der Waals surface area contributed by atoms with E-state index >= 15 is 0 Å². The normalized spacial score (nSPS) is 11.9. The fourth-order valence-corrected chi connectivity index (χ4v) is 3.63. The average Bonchev–Trinajstić information content (AvgIpc) is 3.13. The molecule has 0 aliphatic carbocycles. The number of benzene rings is 4. The number of aliphatic imine (C=N–C) groups is 2. The van der Waals surface area contributed by atoms with E-state index in [9.17, 15) is 0 Å². The highest BCUT2D eigenvalue weighted by Gasteiger charge is 2.12. The molecular weight excluding hydrogens is 380 g/mol. The molecule has 3 nitrogen and oxygen atoms in total. The Hall–Kier alpha value is -3.98. The first kappa shape index (κ1) is 19.0. The minimum atomic E-state index is 0.774. The summed E-state index contributed by atoms with van der Waals surface area (Å²) in [5.74, 6) is 0. The predicted octanol–water partition coefficient (Wildman–Crippen LogP) is 7.70. The summed E-state index contributed by atoms with van der Waals surface area (Å²) in [7, 11) is 0. The van der Waals surface area contributed by atoms with Crippen LogP contribution in [0.15, 0.2) is 99.3 Å². The summed E-state index contributed by atoms with van der Waals surface area (Å²) < 4.78 is 6.17. The lowest BCUT2D eigenvalue weighted by Crippen LogP contribution is -1.81. The van der Waals surface area contributed by atoms with Crippen molar-refractivity contribution in [1.82, 2.24) is 0 Å². The van der Waals surface area contributed by atoms with E-state index in [1.54, 1.807) is 0 Å². The van der Waals surface area contributed by atoms with Gasteiger partial charge in [-0.2, -0.15) is 0 Å². The molecule has 0 N–H and O–H groups in total. The van der Waals surface area contributed by atoms with Crippen molar-refractivity contribution in [3.05, 3.63) is 107 Å². The van der Waals surface area contributed by atoms with Gasteiger partial charge in [0, 0.05) is 29.3 Å². The van der Waals surface area contributed by atoms with Gasteiger partial charge in [-0.3, -0.25) is 9.98 Å². The summed E-state index contributed by atoms with van der Waals surface area (Å²) >= 11 is 0.